The van der Waals surface area contributed by atoms with Crippen molar-refractivity contribution in [3.63, 3.8) is 0 Å². The van der Waals surface area contributed by atoms with Crippen LogP contribution in [0.4, 0.5) is 9.59 Å². The van der Waals surface area contributed by atoms with Gasteiger partial charge in [0.25, 0.3) is 0 Å². The van der Waals surface area contributed by atoms with E-state index in [4.69, 9.17) is 14.2 Å². The van der Waals surface area contributed by atoms with E-state index in [0.29, 0.717) is 0 Å². The minimum atomic E-state index is -1.38. The summed E-state index contributed by atoms with van der Waals surface area (Å²) in [7, 11) is -0.137. The van der Waals surface area contributed by atoms with Crippen LogP contribution < -0.4 is 16.0 Å². The lowest BCUT2D eigenvalue weighted by Crippen LogP contribution is -2.47. The highest BCUT2D eigenvalue weighted by molar-refractivity contribution is 8.02. The van der Waals surface area contributed by atoms with Gasteiger partial charge in [-0.05, 0) is 22.6 Å². The number of ether oxygens (including phenoxy) is 3. The highest BCUT2D eigenvalue weighted by atomic mass is 32.2. The Kier molecular flexibility index (Phi) is 14.7. The van der Waals surface area contributed by atoms with Crippen molar-refractivity contribution in [3.8, 4) is 0 Å². The molecule has 0 spiro atoms. The van der Waals surface area contributed by atoms with Gasteiger partial charge in [-0.25, -0.2) is 14.4 Å². The van der Waals surface area contributed by atoms with Crippen LogP contribution in [-0.2, 0) is 36.8 Å². The van der Waals surface area contributed by atoms with E-state index in [1.165, 1.54) is 25.1 Å². The number of rotatable bonds is 15. The van der Waals surface area contributed by atoms with Crippen LogP contribution in [0.25, 0.3) is 0 Å². The molecule has 0 bridgehead atoms. The smallest absolute Gasteiger partial charge is 0.408 e. The van der Waals surface area contributed by atoms with Crippen LogP contribution in [0.5, 0.6) is 0 Å². The molecule has 0 unspecified atom stereocenters. The molecule has 0 saturated heterocycles. The molecule has 3 N–H and O–H groups in total. The first-order valence-corrected chi connectivity index (χ1v) is 18.3. The molecule has 42 heavy (non-hydrogen) atoms. The lowest BCUT2D eigenvalue weighted by atomic mass is 10.1. The average molecular weight is 616 g/mol. The number of methoxy groups -OCH3 is 1. The fourth-order valence-electron chi connectivity index (χ4n) is 3.54. The summed E-state index contributed by atoms with van der Waals surface area (Å²) in [5, 5.41) is 9.02. The van der Waals surface area contributed by atoms with E-state index in [1.807, 2.05) is 60.7 Å². The van der Waals surface area contributed by atoms with Crippen molar-refractivity contribution in [3.05, 3.63) is 83.4 Å². The Morgan fingerprint density at radius 2 is 1.48 bits per heavy atom. The van der Waals surface area contributed by atoms with Crippen molar-refractivity contribution in [2.24, 2.45) is 0 Å². The molecule has 0 saturated carbocycles. The van der Waals surface area contributed by atoms with Gasteiger partial charge in [-0.2, -0.15) is 0 Å². The molecule has 228 valence electrons. The number of thioether (sulfide) groups is 1. The zero-order chi connectivity index (χ0) is 31.0. The van der Waals surface area contributed by atoms with E-state index in [9.17, 15) is 19.2 Å². The molecule has 0 aliphatic heterocycles. The molecule has 3 atom stereocenters. The molecule has 0 fully saturated rings. The van der Waals surface area contributed by atoms with Crippen LogP contribution in [0.2, 0.25) is 25.7 Å². The predicted molar refractivity (Wildman–Crippen MR) is 166 cm³/mol. The second-order valence-electron chi connectivity index (χ2n) is 10.7. The van der Waals surface area contributed by atoms with E-state index >= 15 is 0 Å². The number of benzene rings is 2. The maximum Gasteiger partial charge on any atom is 0.408 e. The van der Waals surface area contributed by atoms with Crippen LogP contribution in [-0.4, -0.2) is 63.2 Å². The summed E-state index contributed by atoms with van der Waals surface area (Å²) in [6.45, 7) is 8.61. The molecule has 0 aromatic heterocycles. The summed E-state index contributed by atoms with van der Waals surface area (Å²) >= 11 is 1.20. The summed E-state index contributed by atoms with van der Waals surface area (Å²) in [4.78, 5) is 50.1. The summed E-state index contributed by atoms with van der Waals surface area (Å²) in [6.07, 6.45) is 0.255. The quantitative estimate of drug-likeness (QED) is 0.147. The second-order valence-corrected chi connectivity index (χ2v) is 17.6. The molecule has 2 rings (SSSR count). The number of carbonyl (C=O) groups is 4. The second kappa shape index (κ2) is 17.9. The minimum Gasteiger partial charge on any atom is -0.467 e. The Morgan fingerprint density at radius 1 is 0.881 bits per heavy atom. The number of alkyl carbamates (subject to hydrolysis) is 2. The standard InChI is InChI=1S/C30H41N3O7SSi/c1-22(26(28(35)38-2)33-30(37)39-17-19-42(3,4)5)41-18-16-31-27(34)25(20-23-12-8-6-9-13-23)32-29(36)40-21-24-14-10-7-11-15-24/h6-16,18,22,25-26H,17,19-21H2,1-5H3,(H,31,34)(H,32,36)(H,33,37)/b18-16-/t22-,25-,26+/m0/s1. The third-order valence-corrected chi connectivity index (χ3v) is 8.67. The molecule has 3 amide bonds. The van der Waals surface area contributed by atoms with Crippen molar-refractivity contribution in [2.45, 2.75) is 63.0 Å². The van der Waals surface area contributed by atoms with Crippen molar-refractivity contribution in [1.82, 2.24) is 16.0 Å². The average Bonchev–Trinajstić information content (AvgIpc) is 2.96. The van der Waals surface area contributed by atoms with Crippen molar-refractivity contribution < 1.29 is 33.4 Å². The molecule has 0 aliphatic carbocycles. The number of carbonyl (C=O) groups excluding carboxylic acids is 4. The van der Waals surface area contributed by atoms with E-state index in [0.717, 1.165) is 17.2 Å². The lowest BCUT2D eigenvalue weighted by Gasteiger charge is -2.22. The summed E-state index contributed by atoms with van der Waals surface area (Å²) in [5.41, 5.74) is 1.68. The number of hydrogen-bond acceptors (Lipinski definition) is 8. The monoisotopic (exact) mass is 615 g/mol. The molecular formula is C30H41N3O7SSi. The van der Waals surface area contributed by atoms with Crippen LogP contribution >= 0.6 is 11.8 Å². The Bertz CT molecular complexity index is 1180. The maximum absolute atomic E-state index is 13.0. The Labute approximate surface area is 253 Å². The number of hydrogen-bond donors (Lipinski definition) is 3. The minimum absolute atomic E-state index is 0.0715. The zero-order valence-corrected chi connectivity index (χ0v) is 26.6. The van der Waals surface area contributed by atoms with Gasteiger partial charge in [-0.1, -0.05) is 87.2 Å². The van der Waals surface area contributed by atoms with E-state index in [1.54, 1.807) is 12.3 Å². The molecule has 12 heteroatoms. The normalized spacial score (nSPS) is 13.4. The van der Waals surface area contributed by atoms with Crippen molar-refractivity contribution in [2.75, 3.05) is 13.7 Å². The Balaban J connectivity index is 1.94. The fraction of sp³-hybridized carbons (Fsp3) is 0.400. The number of amides is 3. The van der Waals surface area contributed by atoms with Crippen LogP contribution in [0.1, 0.15) is 18.1 Å². The molecule has 10 nitrogen and oxygen atoms in total. The van der Waals surface area contributed by atoms with Gasteiger partial charge in [0.05, 0.1) is 13.7 Å². The molecule has 0 heterocycles. The van der Waals surface area contributed by atoms with Gasteiger partial charge in [-0.3, -0.25) is 4.79 Å². The molecule has 0 aliphatic rings. The van der Waals surface area contributed by atoms with Gasteiger partial charge in [-0.15, -0.1) is 11.8 Å². The first kappa shape index (κ1) is 34.4. The maximum atomic E-state index is 13.0. The lowest BCUT2D eigenvalue weighted by molar-refractivity contribution is -0.142. The Morgan fingerprint density at radius 3 is 2.07 bits per heavy atom. The van der Waals surface area contributed by atoms with Crippen molar-refractivity contribution >= 4 is 43.9 Å². The molecule has 0 radical (unpaired) electrons. The first-order chi connectivity index (χ1) is 20.0. The SMILES string of the molecule is COC(=O)[C@H](NC(=O)OCC[Si](C)(C)C)[C@H](C)S/C=C\NC(=O)[C@H](Cc1ccccc1)NC(=O)OCc1ccccc1. The third kappa shape index (κ3) is 13.7. The van der Waals surface area contributed by atoms with Gasteiger partial charge < -0.3 is 30.2 Å². The summed E-state index contributed by atoms with van der Waals surface area (Å²) in [5.74, 6) is -1.07. The topological polar surface area (TPSA) is 132 Å². The summed E-state index contributed by atoms with van der Waals surface area (Å²) < 4.78 is 15.4. The Hall–Kier alpha value is -3.77. The van der Waals surface area contributed by atoms with E-state index in [2.05, 4.69) is 35.6 Å². The number of esters is 1. The highest BCUT2D eigenvalue weighted by Crippen LogP contribution is 2.17. The van der Waals surface area contributed by atoms with E-state index in [-0.39, 0.29) is 19.6 Å². The molecular weight excluding hydrogens is 574 g/mol. The molecule has 2 aromatic carbocycles. The zero-order valence-electron chi connectivity index (χ0n) is 24.8. The largest absolute Gasteiger partial charge is 0.467 e. The van der Waals surface area contributed by atoms with Gasteiger partial charge >= 0.3 is 18.2 Å². The van der Waals surface area contributed by atoms with Crippen molar-refractivity contribution in [1.29, 1.82) is 0 Å². The van der Waals surface area contributed by atoms with E-state index < -0.39 is 49.5 Å². The highest BCUT2D eigenvalue weighted by Gasteiger charge is 2.29. The van der Waals surface area contributed by atoms with Crippen LogP contribution in [0.3, 0.4) is 0 Å². The van der Waals surface area contributed by atoms with Crippen LogP contribution in [0, 0.1) is 0 Å². The third-order valence-electron chi connectivity index (χ3n) is 5.97. The summed E-state index contributed by atoms with van der Waals surface area (Å²) in [6, 6.07) is 17.5. The fourth-order valence-corrected chi connectivity index (χ4v) is 4.98. The van der Waals surface area contributed by atoms with Crippen LogP contribution in [0.15, 0.2) is 72.3 Å². The van der Waals surface area contributed by atoms with Gasteiger partial charge in [0.15, 0.2) is 0 Å². The van der Waals surface area contributed by atoms with Gasteiger partial charge in [0.2, 0.25) is 5.91 Å². The number of nitrogens with one attached hydrogen (secondary N) is 3. The predicted octanol–water partition coefficient (Wildman–Crippen LogP) is 4.84. The molecule has 2 aromatic rings. The van der Waals surface area contributed by atoms with Gasteiger partial charge in [0, 0.05) is 25.9 Å². The van der Waals surface area contributed by atoms with Gasteiger partial charge in [0.1, 0.15) is 18.7 Å². The first-order valence-electron chi connectivity index (χ1n) is 13.6.